The SMILES string of the molecule is CCOn1cc[n+](C)c1C(=O)O. The van der Waals surface area contributed by atoms with Crippen LogP contribution in [0.15, 0.2) is 12.4 Å². The topological polar surface area (TPSA) is 55.3 Å². The third-order valence-corrected chi connectivity index (χ3v) is 1.43. The van der Waals surface area contributed by atoms with Gasteiger partial charge in [0, 0.05) is 0 Å². The third-order valence-electron chi connectivity index (χ3n) is 1.43. The molecule has 1 rings (SSSR count). The summed E-state index contributed by atoms with van der Waals surface area (Å²) in [5.74, 6) is -0.896. The van der Waals surface area contributed by atoms with Gasteiger partial charge in [-0.2, -0.15) is 0 Å². The van der Waals surface area contributed by atoms with E-state index >= 15 is 0 Å². The Morgan fingerprint density at radius 1 is 1.83 bits per heavy atom. The first-order chi connectivity index (χ1) is 5.66. The van der Waals surface area contributed by atoms with E-state index < -0.39 is 5.97 Å². The highest BCUT2D eigenvalue weighted by atomic mass is 16.7. The van der Waals surface area contributed by atoms with Crippen molar-refractivity contribution in [2.75, 3.05) is 6.61 Å². The molecule has 0 saturated carbocycles. The summed E-state index contributed by atoms with van der Waals surface area (Å²) in [7, 11) is 1.65. The highest BCUT2D eigenvalue weighted by Gasteiger charge is 2.23. The minimum atomic E-state index is -1.00. The van der Waals surface area contributed by atoms with Crippen LogP contribution in [0.25, 0.3) is 0 Å². The number of aromatic carboxylic acids is 1. The maximum atomic E-state index is 10.7. The molecule has 5 heteroatoms. The van der Waals surface area contributed by atoms with E-state index in [4.69, 9.17) is 9.94 Å². The molecule has 0 radical (unpaired) electrons. The van der Waals surface area contributed by atoms with Gasteiger partial charge in [-0.25, -0.2) is 9.36 Å². The Hall–Kier alpha value is -1.52. The zero-order valence-corrected chi connectivity index (χ0v) is 7.02. The van der Waals surface area contributed by atoms with Crippen molar-refractivity contribution in [3.8, 4) is 0 Å². The fourth-order valence-electron chi connectivity index (χ4n) is 0.946. The second-order valence-corrected chi connectivity index (χ2v) is 2.28. The number of carboxylic acids is 1. The van der Waals surface area contributed by atoms with Crippen LogP contribution in [0, 0.1) is 0 Å². The normalized spacial score (nSPS) is 9.83. The first kappa shape index (κ1) is 8.58. The minimum absolute atomic E-state index is 0.108. The van der Waals surface area contributed by atoms with Gasteiger partial charge in [0.1, 0.15) is 12.8 Å². The molecule has 0 amide bonds. The fourth-order valence-corrected chi connectivity index (χ4v) is 0.946. The van der Waals surface area contributed by atoms with Gasteiger partial charge >= 0.3 is 11.8 Å². The monoisotopic (exact) mass is 171 g/mol. The number of imidazole rings is 1. The van der Waals surface area contributed by atoms with E-state index in [2.05, 4.69) is 0 Å². The Kier molecular flexibility index (Phi) is 2.32. The van der Waals surface area contributed by atoms with Crippen molar-refractivity contribution < 1.29 is 19.3 Å². The minimum Gasteiger partial charge on any atom is -0.472 e. The van der Waals surface area contributed by atoms with E-state index in [1.807, 2.05) is 0 Å². The summed E-state index contributed by atoms with van der Waals surface area (Å²) in [5.41, 5.74) is 0. The smallest absolute Gasteiger partial charge is 0.423 e. The van der Waals surface area contributed by atoms with Gasteiger partial charge in [0.05, 0.1) is 7.05 Å². The maximum Gasteiger partial charge on any atom is 0.423 e. The first-order valence-corrected chi connectivity index (χ1v) is 3.60. The second-order valence-electron chi connectivity index (χ2n) is 2.28. The zero-order chi connectivity index (χ0) is 9.14. The molecule has 1 heterocycles. The van der Waals surface area contributed by atoms with Crippen molar-refractivity contribution in [3.63, 3.8) is 0 Å². The van der Waals surface area contributed by atoms with Gasteiger partial charge < -0.3 is 9.94 Å². The van der Waals surface area contributed by atoms with Crippen molar-refractivity contribution in [3.05, 3.63) is 18.2 Å². The molecule has 1 N–H and O–H groups in total. The highest BCUT2D eigenvalue weighted by Crippen LogP contribution is 1.91. The van der Waals surface area contributed by atoms with Gasteiger partial charge in [0.2, 0.25) is 0 Å². The lowest BCUT2D eigenvalue weighted by atomic mass is 10.6. The second kappa shape index (κ2) is 3.25. The number of hydrogen-bond acceptors (Lipinski definition) is 2. The van der Waals surface area contributed by atoms with Crippen LogP contribution in [0.1, 0.15) is 17.5 Å². The van der Waals surface area contributed by atoms with Crippen molar-refractivity contribution in [2.45, 2.75) is 6.92 Å². The van der Waals surface area contributed by atoms with Gasteiger partial charge in [0.25, 0.3) is 0 Å². The van der Waals surface area contributed by atoms with Gasteiger partial charge in [0.15, 0.2) is 6.20 Å². The molecule has 66 valence electrons. The van der Waals surface area contributed by atoms with E-state index in [0.717, 1.165) is 0 Å². The summed E-state index contributed by atoms with van der Waals surface area (Å²) in [6.45, 7) is 2.24. The molecule has 0 fully saturated rings. The van der Waals surface area contributed by atoms with Crippen LogP contribution >= 0.6 is 0 Å². The molecule has 0 aliphatic rings. The van der Waals surface area contributed by atoms with Crippen LogP contribution in [0.5, 0.6) is 0 Å². The lowest BCUT2D eigenvalue weighted by Gasteiger charge is -1.96. The number of carboxylic acid groups (broad SMARTS) is 1. The Bertz CT molecular complexity index is 293. The van der Waals surface area contributed by atoms with Crippen LogP contribution < -0.4 is 9.40 Å². The highest BCUT2D eigenvalue weighted by molar-refractivity contribution is 5.81. The summed E-state index contributed by atoms with van der Waals surface area (Å²) >= 11 is 0. The van der Waals surface area contributed by atoms with Crippen molar-refractivity contribution >= 4 is 5.97 Å². The van der Waals surface area contributed by atoms with Crippen LogP contribution in [-0.4, -0.2) is 22.4 Å². The van der Waals surface area contributed by atoms with Crippen molar-refractivity contribution in [1.29, 1.82) is 0 Å². The summed E-state index contributed by atoms with van der Waals surface area (Å²) in [4.78, 5) is 15.7. The molecule has 1 aromatic rings. The molecule has 12 heavy (non-hydrogen) atoms. The quantitative estimate of drug-likeness (QED) is 0.621. The number of aryl methyl sites for hydroxylation is 1. The standard InChI is InChI=1S/C7H10N2O3/c1-3-12-9-5-4-8(2)6(9)7(10)11/h4-5H,3H2,1-2H3/p+1. The molecule has 0 bridgehead atoms. The van der Waals surface area contributed by atoms with Gasteiger partial charge in [-0.15, -0.1) is 0 Å². The molecule has 0 aromatic carbocycles. The van der Waals surface area contributed by atoms with E-state index in [0.29, 0.717) is 6.61 Å². The number of hydrogen-bond donors (Lipinski definition) is 1. The van der Waals surface area contributed by atoms with Crippen LogP contribution in [0.2, 0.25) is 0 Å². The van der Waals surface area contributed by atoms with Gasteiger partial charge in [-0.3, -0.25) is 0 Å². The molecule has 0 saturated heterocycles. The molecule has 0 unspecified atom stereocenters. The summed E-state index contributed by atoms with van der Waals surface area (Å²) in [6.07, 6.45) is 3.19. The average Bonchev–Trinajstić information content (AvgIpc) is 2.32. The zero-order valence-electron chi connectivity index (χ0n) is 7.02. The molecule has 5 nitrogen and oxygen atoms in total. The van der Waals surface area contributed by atoms with Crippen LogP contribution in [0.4, 0.5) is 0 Å². The lowest BCUT2D eigenvalue weighted by molar-refractivity contribution is -0.674. The van der Waals surface area contributed by atoms with Crippen molar-refractivity contribution in [2.24, 2.45) is 7.05 Å². The predicted octanol–water partition coefficient (Wildman–Crippen LogP) is -0.541. The largest absolute Gasteiger partial charge is 0.472 e. The summed E-state index contributed by atoms with van der Waals surface area (Å²) < 4.78 is 2.72. The average molecular weight is 171 g/mol. The number of carbonyl (C=O) groups is 1. The lowest BCUT2D eigenvalue weighted by Crippen LogP contribution is -2.36. The Morgan fingerprint density at radius 3 is 3.00 bits per heavy atom. The number of aromatic nitrogens is 2. The van der Waals surface area contributed by atoms with Gasteiger partial charge in [-0.05, 0) is 11.7 Å². The maximum absolute atomic E-state index is 10.7. The number of rotatable bonds is 3. The van der Waals surface area contributed by atoms with E-state index in [1.54, 1.807) is 26.4 Å². The molecular weight excluding hydrogens is 160 g/mol. The van der Waals surface area contributed by atoms with Crippen LogP contribution in [-0.2, 0) is 7.05 Å². The summed E-state index contributed by atoms with van der Waals surface area (Å²) in [5, 5.41) is 8.74. The van der Waals surface area contributed by atoms with Gasteiger partial charge in [-0.1, -0.05) is 0 Å². The molecule has 0 atom stereocenters. The van der Waals surface area contributed by atoms with E-state index in [1.165, 1.54) is 9.30 Å². The fraction of sp³-hybridized carbons (Fsp3) is 0.429. The van der Waals surface area contributed by atoms with Crippen LogP contribution in [0.3, 0.4) is 0 Å². The molecule has 0 aliphatic carbocycles. The first-order valence-electron chi connectivity index (χ1n) is 3.60. The predicted molar refractivity (Wildman–Crippen MR) is 39.7 cm³/mol. The summed E-state index contributed by atoms with van der Waals surface area (Å²) in [6, 6.07) is 0. The Labute approximate surface area is 69.8 Å². The molecule has 0 spiro atoms. The van der Waals surface area contributed by atoms with Crippen molar-refractivity contribution in [1.82, 2.24) is 4.73 Å². The molecular formula is C7H11N2O3+. The molecule has 0 aliphatic heterocycles. The third kappa shape index (κ3) is 1.39. The Balaban J connectivity index is 3.04. The van der Waals surface area contributed by atoms with E-state index in [-0.39, 0.29) is 5.82 Å². The Morgan fingerprint density at radius 2 is 2.50 bits per heavy atom. The number of nitrogens with zero attached hydrogens (tertiary/aromatic N) is 2. The van der Waals surface area contributed by atoms with E-state index in [9.17, 15) is 4.79 Å². The molecule has 1 aromatic heterocycles.